The Morgan fingerprint density at radius 2 is 1.62 bits per heavy atom. The maximum atomic E-state index is 13.2. The molecule has 9 heteroatoms. The van der Waals surface area contributed by atoms with E-state index in [2.05, 4.69) is 5.32 Å². The molecule has 0 aromatic heterocycles. The van der Waals surface area contributed by atoms with Gasteiger partial charge in [0, 0.05) is 37.8 Å². The number of benzene rings is 3. The van der Waals surface area contributed by atoms with Crippen molar-refractivity contribution >= 4 is 23.1 Å². The van der Waals surface area contributed by atoms with Crippen LogP contribution < -0.4 is 19.7 Å². The molecule has 0 aliphatic heterocycles. The van der Waals surface area contributed by atoms with Crippen molar-refractivity contribution in [2.75, 3.05) is 33.2 Å². The molecular formula is C25H25N3O6. The second-order valence-electron chi connectivity index (χ2n) is 7.60. The number of carbonyl (C=O) groups excluding carboxylic acids is 2. The molecule has 1 N–H and O–H groups in total. The molecule has 0 heterocycles. The third-order valence-corrected chi connectivity index (χ3v) is 5.23. The van der Waals surface area contributed by atoms with Gasteiger partial charge in [-0.1, -0.05) is 24.3 Å². The highest BCUT2D eigenvalue weighted by Crippen LogP contribution is 2.29. The number of hydrogen-bond donors (Lipinski definition) is 1. The summed E-state index contributed by atoms with van der Waals surface area (Å²) in [5.74, 6) is 0.180. The fourth-order valence-corrected chi connectivity index (χ4v) is 3.49. The summed E-state index contributed by atoms with van der Waals surface area (Å²) < 4.78 is 10.5. The number of anilines is 1. The van der Waals surface area contributed by atoms with Gasteiger partial charge >= 0.3 is 0 Å². The quantitative estimate of drug-likeness (QED) is 0.292. The fraction of sp³-hybridized carbons (Fsp3) is 0.200. The lowest BCUT2D eigenvalue weighted by Crippen LogP contribution is -2.25. The van der Waals surface area contributed by atoms with Crippen LogP contribution in [0.5, 0.6) is 11.5 Å². The number of methoxy groups -OCH3 is 2. The Balaban J connectivity index is 1.86. The molecule has 0 aliphatic carbocycles. The summed E-state index contributed by atoms with van der Waals surface area (Å²) in [7, 11) is 6.43. The molecule has 1 amide bonds. The van der Waals surface area contributed by atoms with Crippen molar-refractivity contribution in [3.8, 4) is 11.5 Å². The monoisotopic (exact) mass is 463 g/mol. The van der Waals surface area contributed by atoms with Crippen LogP contribution in [0.2, 0.25) is 0 Å². The zero-order valence-electron chi connectivity index (χ0n) is 19.3. The molecule has 3 rings (SSSR count). The first-order valence-corrected chi connectivity index (χ1v) is 10.4. The second kappa shape index (κ2) is 10.5. The number of nitro benzene ring substituents is 1. The number of ether oxygens (including phenoxy) is 2. The minimum atomic E-state index is -0.534. The van der Waals surface area contributed by atoms with Crippen LogP contribution in [0.1, 0.15) is 31.8 Å². The Bertz CT molecular complexity index is 1240. The number of carbonyl (C=O) groups is 2. The molecule has 176 valence electrons. The highest BCUT2D eigenvalue weighted by Gasteiger charge is 2.22. The summed E-state index contributed by atoms with van der Waals surface area (Å²) in [4.78, 5) is 38.7. The minimum absolute atomic E-state index is 0.123. The first-order chi connectivity index (χ1) is 16.3. The summed E-state index contributed by atoms with van der Waals surface area (Å²) in [6.07, 6.45) is 0. The van der Waals surface area contributed by atoms with E-state index in [1.54, 1.807) is 55.4 Å². The summed E-state index contributed by atoms with van der Waals surface area (Å²) in [5.41, 5.74) is 1.42. The number of rotatable bonds is 9. The van der Waals surface area contributed by atoms with Gasteiger partial charge in [0.2, 0.25) is 0 Å². The second-order valence-corrected chi connectivity index (χ2v) is 7.60. The van der Waals surface area contributed by atoms with Gasteiger partial charge in [0.25, 0.3) is 11.6 Å². The van der Waals surface area contributed by atoms with E-state index in [-0.39, 0.29) is 28.9 Å². The fourth-order valence-electron chi connectivity index (χ4n) is 3.49. The molecule has 0 fully saturated rings. The van der Waals surface area contributed by atoms with Crippen LogP contribution in [0.25, 0.3) is 0 Å². The molecule has 34 heavy (non-hydrogen) atoms. The van der Waals surface area contributed by atoms with Gasteiger partial charge in [-0.05, 0) is 35.9 Å². The standard InChI is InChI=1S/C25H25N3O6/c1-27(2)20-11-10-17(14-21(20)28(31)32)24(29)18-7-5-6-8-19(18)25(30)26-15-16-9-12-22(33-3)23(13-16)34-4/h5-14H,15H2,1-4H3,(H,26,30). The molecule has 0 saturated carbocycles. The van der Waals surface area contributed by atoms with Crippen molar-refractivity contribution in [3.63, 3.8) is 0 Å². The van der Waals surface area contributed by atoms with Crippen LogP contribution in [-0.4, -0.2) is 44.9 Å². The Morgan fingerprint density at radius 3 is 2.24 bits per heavy atom. The molecule has 3 aromatic rings. The van der Waals surface area contributed by atoms with Gasteiger partial charge in [-0.15, -0.1) is 0 Å². The topological polar surface area (TPSA) is 111 Å². The van der Waals surface area contributed by atoms with Crippen LogP contribution in [0.3, 0.4) is 0 Å². The molecule has 3 aromatic carbocycles. The first-order valence-electron chi connectivity index (χ1n) is 10.4. The van der Waals surface area contributed by atoms with Gasteiger partial charge in [0.05, 0.1) is 24.7 Å². The molecule has 0 atom stereocenters. The predicted molar refractivity (Wildman–Crippen MR) is 128 cm³/mol. The van der Waals surface area contributed by atoms with Gasteiger partial charge in [-0.25, -0.2) is 0 Å². The third kappa shape index (κ3) is 5.15. The number of nitrogens with zero attached hydrogens (tertiary/aromatic N) is 2. The zero-order chi connectivity index (χ0) is 24.8. The highest BCUT2D eigenvalue weighted by atomic mass is 16.6. The van der Waals surface area contributed by atoms with Crippen LogP contribution in [0.4, 0.5) is 11.4 Å². The van der Waals surface area contributed by atoms with Gasteiger partial charge < -0.3 is 19.7 Å². The maximum Gasteiger partial charge on any atom is 0.293 e. The Morgan fingerprint density at radius 1 is 0.941 bits per heavy atom. The van der Waals surface area contributed by atoms with Gasteiger partial charge in [0.15, 0.2) is 17.3 Å². The largest absolute Gasteiger partial charge is 0.493 e. The SMILES string of the molecule is COc1ccc(CNC(=O)c2ccccc2C(=O)c2ccc(N(C)C)c([N+](=O)[O-])c2)cc1OC. The molecular weight excluding hydrogens is 438 g/mol. The van der Waals surface area contributed by atoms with E-state index < -0.39 is 16.6 Å². The molecule has 0 spiro atoms. The van der Waals surface area contributed by atoms with Crippen LogP contribution in [-0.2, 0) is 6.54 Å². The smallest absolute Gasteiger partial charge is 0.293 e. The predicted octanol–water partition coefficient (Wildman–Crippen LogP) is 3.84. The molecule has 0 bridgehead atoms. The average Bonchev–Trinajstić information content (AvgIpc) is 2.86. The van der Waals surface area contributed by atoms with E-state index in [0.717, 1.165) is 5.56 Å². The van der Waals surface area contributed by atoms with E-state index in [9.17, 15) is 19.7 Å². The van der Waals surface area contributed by atoms with E-state index >= 15 is 0 Å². The van der Waals surface area contributed by atoms with Gasteiger partial charge in [-0.3, -0.25) is 19.7 Å². The number of nitro groups is 1. The van der Waals surface area contributed by atoms with E-state index in [1.165, 1.54) is 38.5 Å². The number of hydrogen-bond acceptors (Lipinski definition) is 7. The lowest BCUT2D eigenvalue weighted by atomic mass is 9.97. The van der Waals surface area contributed by atoms with Crippen molar-refractivity contribution in [2.24, 2.45) is 0 Å². The zero-order valence-corrected chi connectivity index (χ0v) is 19.3. The summed E-state index contributed by atoms with van der Waals surface area (Å²) in [6.45, 7) is 0.199. The first kappa shape index (κ1) is 24.2. The van der Waals surface area contributed by atoms with Crippen molar-refractivity contribution < 1.29 is 24.0 Å². The Hall–Kier alpha value is -4.40. The number of nitrogens with one attached hydrogen (secondary N) is 1. The lowest BCUT2D eigenvalue weighted by Gasteiger charge is -2.14. The van der Waals surface area contributed by atoms with Crippen molar-refractivity contribution in [2.45, 2.75) is 6.54 Å². The van der Waals surface area contributed by atoms with Crippen molar-refractivity contribution in [1.29, 1.82) is 0 Å². The van der Waals surface area contributed by atoms with Gasteiger partial charge in [-0.2, -0.15) is 0 Å². The molecule has 9 nitrogen and oxygen atoms in total. The summed E-state index contributed by atoms with van der Waals surface area (Å²) in [6, 6.07) is 15.9. The molecule has 0 unspecified atom stereocenters. The molecule has 0 aliphatic rings. The minimum Gasteiger partial charge on any atom is -0.493 e. The van der Waals surface area contributed by atoms with Crippen molar-refractivity contribution in [3.05, 3.63) is 93.0 Å². The average molecular weight is 463 g/mol. The lowest BCUT2D eigenvalue weighted by molar-refractivity contribution is -0.384. The van der Waals surface area contributed by atoms with Crippen LogP contribution in [0, 0.1) is 10.1 Å². The number of amides is 1. The van der Waals surface area contributed by atoms with E-state index in [0.29, 0.717) is 17.2 Å². The Kier molecular flexibility index (Phi) is 7.47. The van der Waals surface area contributed by atoms with E-state index in [1.807, 2.05) is 0 Å². The van der Waals surface area contributed by atoms with Gasteiger partial charge in [0.1, 0.15) is 5.69 Å². The van der Waals surface area contributed by atoms with E-state index in [4.69, 9.17) is 9.47 Å². The van der Waals surface area contributed by atoms with Crippen molar-refractivity contribution in [1.82, 2.24) is 5.32 Å². The van der Waals surface area contributed by atoms with Crippen LogP contribution in [0.15, 0.2) is 60.7 Å². The maximum absolute atomic E-state index is 13.2. The third-order valence-electron chi connectivity index (χ3n) is 5.23. The summed E-state index contributed by atoms with van der Waals surface area (Å²) >= 11 is 0. The Labute approximate surface area is 197 Å². The molecule has 0 radical (unpaired) electrons. The normalized spacial score (nSPS) is 10.4. The number of ketones is 1. The molecule has 0 saturated heterocycles. The van der Waals surface area contributed by atoms with Crippen LogP contribution >= 0.6 is 0 Å². The highest BCUT2D eigenvalue weighted by molar-refractivity contribution is 6.15. The summed E-state index contributed by atoms with van der Waals surface area (Å²) in [5, 5.41) is 14.3.